The van der Waals surface area contributed by atoms with Crippen LogP contribution < -0.4 is 15.0 Å². The number of hydrogen-bond donors (Lipinski definition) is 1. The first-order valence-corrected chi connectivity index (χ1v) is 11.5. The second-order valence-electron chi connectivity index (χ2n) is 8.82. The molecule has 0 radical (unpaired) electrons. The molecule has 1 amide bonds. The van der Waals surface area contributed by atoms with Crippen molar-refractivity contribution in [2.45, 2.75) is 25.4 Å². The van der Waals surface area contributed by atoms with Gasteiger partial charge in [-0.1, -0.05) is 48.5 Å². The van der Waals surface area contributed by atoms with E-state index in [2.05, 4.69) is 63.6 Å². The summed E-state index contributed by atoms with van der Waals surface area (Å²) in [7, 11) is 5.74. The highest BCUT2D eigenvalue weighted by atomic mass is 16.5. The maximum Gasteiger partial charge on any atom is 0.224 e. The lowest BCUT2D eigenvalue weighted by atomic mass is 9.96. The fourth-order valence-electron chi connectivity index (χ4n) is 4.44. The number of hydrogen-bond acceptors (Lipinski definition) is 4. The molecule has 172 valence electrons. The third-order valence-electron chi connectivity index (χ3n) is 6.41. The van der Waals surface area contributed by atoms with Gasteiger partial charge in [-0.25, -0.2) is 0 Å². The Morgan fingerprint density at radius 3 is 2.36 bits per heavy atom. The van der Waals surface area contributed by atoms with Crippen molar-refractivity contribution in [1.82, 2.24) is 10.2 Å². The van der Waals surface area contributed by atoms with E-state index in [4.69, 9.17) is 4.74 Å². The summed E-state index contributed by atoms with van der Waals surface area (Å²) in [5, 5.41) is 3.19. The highest BCUT2D eigenvalue weighted by Crippen LogP contribution is 2.28. The molecule has 1 heterocycles. The zero-order valence-corrected chi connectivity index (χ0v) is 19.8. The molecule has 0 fully saturated rings. The summed E-state index contributed by atoms with van der Waals surface area (Å²) in [6.45, 7) is 2.45. The molecule has 33 heavy (non-hydrogen) atoms. The number of ether oxygens (including phenoxy) is 1. The number of benzene rings is 3. The molecule has 0 saturated heterocycles. The second kappa shape index (κ2) is 10.5. The molecule has 0 spiro atoms. The van der Waals surface area contributed by atoms with Gasteiger partial charge in [-0.15, -0.1) is 0 Å². The predicted molar refractivity (Wildman–Crippen MR) is 134 cm³/mol. The van der Waals surface area contributed by atoms with E-state index in [0.717, 1.165) is 30.8 Å². The average molecular weight is 444 g/mol. The Labute approximate surface area is 197 Å². The van der Waals surface area contributed by atoms with Crippen molar-refractivity contribution in [2.75, 3.05) is 39.2 Å². The minimum Gasteiger partial charge on any atom is -0.497 e. The van der Waals surface area contributed by atoms with Crippen LogP contribution >= 0.6 is 0 Å². The van der Waals surface area contributed by atoms with E-state index in [9.17, 15) is 4.79 Å². The quantitative estimate of drug-likeness (QED) is 0.566. The summed E-state index contributed by atoms with van der Waals surface area (Å²) >= 11 is 0. The van der Waals surface area contributed by atoms with Crippen LogP contribution in [0.4, 0.5) is 5.69 Å². The van der Waals surface area contributed by atoms with Crippen LogP contribution in [0.1, 0.15) is 28.3 Å². The summed E-state index contributed by atoms with van der Waals surface area (Å²) in [5.41, 5.74) is 6.18. The SMILES string of the molecule is COc1ccc(CC(=O)NC[C@@H](c2ccc(N(C)C)cc2)N2CCc3ccccc3C2)cc1. The van der Waals surface area contributed by atoms with Crippen molar-refractivity contribution in [3.63, 3.8) is 0 Å². The van der Waals surface area contributed by atoms with E-state index in [0.29, 0.717) is 13.0 Å². The van der Waals surface area contributed by atoms with Gasteiger partial charge in [0, 0.05) is 39.4 Å². The van der Waals surface area contributed by atoms with Crippen LogP contribution in [-0.2, 0) is 24.2 Å². The standard InChI is InChI=1S/C28H33N3O2/c1-30(2)25-12-10-23(11-13-25)27(31-17-16-22-6-4-5-7-24(22)20-31)19-29-28(32)18-21-8-14-26(33-3)15-9-21/h4-15,27H,16-20H2,1-3H3,(H,29,32)/t27-/m0/s1. The van der Waals surface area contributed by atoms with E-state index in [-0.39, 0.29) is 11.9 Å². The smallest absolute Gasteiger partial charge is 0.224 e. The molecule has 0 aromatic heterocycles. The van der Waals surface area contributed by atoms with Gasteiger partial charge in [0.05, 0.1) is 19.6 Å². The van der Waals surface area contributed by atoms with Crippen LogP contribution in [0.15, 0.2) is 72.8 Å². The molecule has 0 unspecified atom stereocenters. The molecule has 4 rings (SSSR count). The zero-order chi connectivity index (χ0) is 23.2. The molecule has 1 aliphatic heterocycles. The Hall–Kier alpha value is -3.31. The molecule has 0 saturated carbocycles. The summed E-state index contributed by atoms with van der Waals surface area (Å²) in [6.07, 6.45) is 1.39. The summed E-state index contributed by atoms with van der Waals surface area (Å²) in [4.78, 5) is 17.4. The molecule has 0 bridgehead atoms. The van der Waals surface area contributed by atoms with Gasteiger partial charge in [-0.2, -0.15) is 0 Å². The van der Waals surface area contributed by atoms with E-state index < -0.39 is 0 Å². The fourth-order valence-corrected chi connectivity index (χ4v) is 4.44. The average Bonchev–Trinajstić information content (AvgIpc) is 2.85. The minimum atomic E-state index is 0.0347. The number of anilines is 1. The number of fused-ring (bicyclic) bond motifs is 1. The molecule has 1 atom stereocenters. The fraction of sp³-hybridized carbons (Fsp3) is 0.321. The zero-order valence-electron chi connectivity index (χ0n) is 19.8. The Morgan fingerprint density at radius 1 is 1.00 bits per heavy atom. The molecule has 0 aliphatic carbocycles. The number of amides is 1. The summed E-state index contributed by atoms with van der Waals surface area (Å²) in [5.74, 6) is 0.832. The van der Waals surface area contributed by atoms with E-state index in [1.54, 1.807) is 7.11 Å². The van der Waals surface area contributed by atoms with Gasteiger partial charge in [0.25, 0.3) is 0 Å². The highest BCUT2D eigenvalue weighted by molar-refractivity contribution is 5.78. The van der Waals surface area contributed by atoms with Crippen molar-refractivity contribution in [1.29, 1.82) is 0 Å². The van der Waals surface area contributed by atoms with Gasteiger partial charge in [0.2, 0.25) is 5.91 Å². The lowest BCUT2D eigenvalue weighted by molar-refractivity contribution is -0.120. The van der Waals surface area contributed by atoms with Crippen molar-refractivity contribution in [2.24, 2.45) is 0 Å². The molecule has 5 heteroatoms. The summed E-state index contributed by atoms with van der Waals surface area (Å²) in [6, 6.07) is 25.1. The first-order valence-electron chi connectivity index (χ1n) is 11.5. The number of rotatable bonds is 8. The Balaban J connectivity index is 1.48. The van der Waals surface area contributed by atoms with Gasteiger partial charge < -0.3 is 15.0 Å². The van der Waals surface area contributed by atoms with E-state index >= 15 is 0 Å². The Morgan fingerprint density at radius 2 is 1.70 bits per heavy atom. The lowest BCUT2D eigenvalue weighted by Gasteiger charge is -2.36. The van der Waals surface area contributed by atoms with E-state index in [1.165, 1.54) is 22.4 Å². The third-order valence-corrected chi connectivity index (χ3v) is 6.41. The van der Waals surface area contributed by atoms with Crippen LogP contribution in [0.25, 0.3) is 0 Å². The van der Waals surface area contributed by atoms with Crippen molar-refractivity contribution in [3.8, 4) is 5.75 Å². The molecule has 1 N–H and O–H groups in total. The number of nitrogens with zero attached hydrogens (tertiary/aromatic N) is 2. The normalized spacial score (nSPS) is 14.3. The number of carbonyl (C=O) groups excluding carboxylic acids is 1. The topological polar surface area (TPSA) is 44.8 Å². The summed E-state index contributed by atoms with van der Waals surface area (Å²) < 4.78 is 5.21. The van der Waals surface area contributed by atoms with Gasteiger partial charge >= 0.3 is 0 Å². The van der Waals surface area contributed by atoms with Gasteiger partial charge in [0.15, 0.2) is 0 Å². The maximum absolute atomic E-state index is 12.8. The number of methoxy groups -OCH3 is 1. The molecular weight excluding hydrogens is 410 g/mol. The lowest BCUT2D eigenvalue weighted by Crippen LogP contribution is -2.41. The van der Waals surface area contributed by atoms with Crippen molar-refractivity contribution < 1.29 is 9.53 Å². The number of carbonyl (C=O) groups is 1. The number of nitrogens with one attached hydrogen (secondary N) is 1. The first-order chi connectivity index (χ1) is 16.0. The highest BCUT2D eigenvalue weighted by Gasteiger charge is 2.25. The van der Waals surface area contributed by atoms with Crippen LogP contribution in [0.2, 0.25) is 0 Å². The van der Waals surface area contributed by atoms with Crippen LogP contribution in [-0.4, -0.2) is 45.1 Å². The van der Waals surface area contributed by atoms with Crippen LogP contribution in [0.5, 0.6) is 5.75 Å². The van der Waals surface area contributed by atoms with Crippen molar-refractivity contribution in [3.05, 3.63) is 95.1 Å². The minimum absolute atomic E-state index is 0.0347. The molecular formula is C28H33N3O2. The maximum atomic E-state index is 12.8. The van der Waals surface area contributed by atoms with Gasteiger partial charge in [-0.3, -0.25) is 9.69 Å². The third kappa shape index (κ3) is 5.74. The van der Waals surface area contributed by atoms with Crippen LogP contribution in [0, 0.1) is 0 Å². The van der Waals surface area contributed by atoms with E-state index in [1.807, 2.05) is 38.4 Å². The molecule has 1 aliphatic rings. The first kappa shape index (κ1) is 22.9. The van der Waals surface area contributed by atoms with Crippen molar-refractivity contribution >= 4 is 11.6 Å². The predicted octanol–water partition coefficient (Wildman–Crippen LogP) is 4.22. The van der Waals surface area contributed by atoms with Gasteiger partial charge in [0.1, 0.15) is 5.75 Å². The Bertz CT molecular complexity index is 1060. The molecule has 5 nitrogen and oxygen atoms in total. The van der Waals surface area contributed by atoms with Crippen LogP contribution in [0.3, 0.4) is 0 Å². The second-order valence-corrected chi connectivity index (χ2v) is 8.82. The van der Waals surface area contributed by atoms with Gasteiger partial charge in [-0.05, 0) is 52.9 Å². The molecule has 3 aromatic rings. The molecule has 3 aromatic carbocycles. The Kier molecular flexibility index (Phi) is 7.30. The largest absolute Gasteiger partial charge is 0.497 e. The monoisotopic (exact) mass is 443 g/mol.